The topological polar surface area (TPSA) is 66.5 Å². The molecule has 0 saturated carbocycles. The van der Waals surface area contributed by atoms with Crippen LogP contribution in [0, 0.1) is 6.92 Å². The van der Waals surface area contributed by atoms with E-state index in [0.29, 0.717) is 6.54 Å². The van der Waals surface area contributed by atoms with Crippen molar-refractivity contribution in [2.24, 2.45) is 0 Å². The van der Waals surface area contributed by atoms with Crippen molar-refractivity contribution in [3.05, 3.63) is 66.4 Å². The third-order valence-corrected chi connectivity index (χ3v) is 5.53. The molecule has 0 radical (unpaired) electrons. The van der Waals surface area contributed by atoms with Gasteiger partial charge in [-0.1, -0.05) is 36.4 Å². The summed E-state index contributed by atoms with van der Waals surface area (Å²) in [5.41, 5.74) is 2.82. The quantitative estimate of drug-likeness (QED) is 0.646. The third kappa shape index (κ3) is 5.07. The van der Waals surface area contributed by atoms with Crippen LogP contribution < -0.4 is 15.4 Å². The molecule has 0 aliphatic carbocycles. The molecule has 2 aromatic carbocycles. The van der Waals surface area contributed by atoms with Crippen LogP contribution in [0.5, 0.6) is 5.75 Å². The Morgan fingerprint density at radius 3 is 2.70 bits per heavy atom. The molecule has 6 nitrogen and oxygen atoms in total. The number of fused-ring (bicyclic) bond motifs is 1. The van der Waals surface area contributed by atoms with Gasteiger partial charge in [0.15, 0.2) is 0 Å². The maximum atomic E-state index is 12.3. The van der Waals surface area contributed by atoms with Gasteiger partial charge in [-0.2, -0.15) is 0 Å². The number of benzene rings is 2. The zero-order valence-electron chi connectivity index (χ0n) is 17.3. The monoisotopic (exact) mass is 404 g/mol. The van der Waals surface area contributed by atoms with Gasteiger partial charge >= 0.3 is 6.03 Å². The summed E-state index contributed by atoms with van der Waals surface area (Å²) in [6.45, 7) is 5.49. The first-order chi connectivity index (χ1) is 14.7. The van der Waals surface area contributed by atoms with Crippen LogP contribution in [0.4, 0.5) is 10.5 Å². The highest BCUT2D eigenvalue weighted by molar-refractivity contribution is 6.00. The number of hydrogen-bond acceptors (Lipinski definition) is 4. The van der Waals surface area contributed by atoms with Crippen LogP contribution in [0.3, 0.4) is 0 Å². The molecule has 156 valence electrons. The van der Waals surface area contributed by atoms with E-state index in [1.807, 2.05) is 48.5 Å². The maximum absolute atomic E-state index is 12.3. The van der Waals surface area contributed by atoms with Crippen LogP contribution >= 0.6 is 0 Å². The number of amides is 2. The molecule has 4 rings (SSSR count). The predicted octanol–water partition coefficient (Wildman–Crippen LogP) is 4.21. The molecule has 0 unspecified atom stereocenters. The molecule has 1 aliphatic rings. The van der Waals surface area contributed by atoms with Crippen molar-refractivity contribution >= 4 is 22.6 Å². The minimum atomic E-state index is -0.191. The minimum Gasteiger partial charge on any atom is -0.490 e. The van der Waals surface area contributed by atoms with E-state index < -0.39 is 0 Å². The number of para-hydroxylation sites is 2. The molecule has 0 bridgehead atoms. The second-order valence-electron chi connectivity index (χ2n) is 7.68. The fourth-order valence-corrected chi connectivity index (χ4v) is 3.82. The van der Waals surface area contributed by atoms with Gasteiger partial charge in [0.05, 0.1) is 11.2 Å². The van der Waals surface area contributed by atoms with E-state index in [-0.39, 0.29) is 12.1 Å². The molecule has 1 aliphatic heterocycles. The SMILES string of the molecule is Cc1ccccc1OC1CCN(CCNC(=O)Nc2ccnc3ccccc23)CC1. The molecular weight excluding hydrogens is 376 g/mol. The summed E-state index contributed by atoms with van der Waals surface area (Å²) in [6, 6.07) is 17.6. The molecule has 3 aromatic rings. The number of nitrogens with zero attached hydrogens (tertiary/aromatic N) is 2. The van der Waals surface area contributed by atoms with Crippen LogP contribution in [-0.2, 0) is 0 Å². The Morgan fingerprint density at radius 1 is 1.10 bits per heavy atom. The smallest absolute Gasteiger partial charge is 0.319 e. The summed E-state index contributed by atoms with van der Waals surface area (Å²) >= 11 is 0. The van der Waals surface area contributed by atoms with E-state index in [0.717, 1.165) is 54.8 Å². The number of carbonyl (C=O) groups excluding carboxylic acids is 1. The van der Waals surface area contributed by atoms with E-state index >= 15 is 0 Å². The number of likely N-dealkylation sites (tertiary alicyclic amines) is 1. The average Bonchev–Trinajstić information content (AvgIpc) is 2.77. The van der Waals surface area contributed by atoms with Gasteiger partial charge in [-0.25, -0.2) is 4.79 Å². The fourth-order valence-electron chi connectivity index (χ4n) is 3.82. The molecule has 30 heavy (non-hydrogen) atoms. The summed E-state index contributed by atoms with van der Waals surface area (Å²) in [7, 11) is 0. The van der Waals surface area contributed by atoms with E-state index in [1.54, 1.807) is 6.20 Å². The number of aromatic nitrogens is 1. The Hall–Kier alpha value is -3.12. The number of anilines is 1. The molecule has 2 amide bonds. The maximum Gasteiger partial charge on any atom is 0.319 e. The first kappa shape index (κ1) is 20.2. The highest BCUT2D eigenvalue weighted by Crippen LogP contribution is 2.22. The summed E-state index contributed by atoms with van der Waals surface area (Å²) < 4.78 is 6.17. The summed E-state index contributed by atoms with van der Waals surface area (Å²) in [4.78, 5) is 19.0. The van der Waals surface area contributed by atoms with Crippen LogP contribution in [-0.4, -0.2) is 48.2 Å². The number of nitrogens with one attached hydrogen (secondary N) is 2. The van der Waals surface area contributed by atoms with Crippen molar-refractivity contribution in [1.29, 1.82) is 0 Å². The summed E-state index contributed by atoms with van der Waals surface area (Å²) in [5, 5.41) is 6.83. The van der Waals surface area contributed by atoms with Crippen LogP contribution in [0.2, 0.25) is 0 Å². The van der Waals surface area contributed by atoms with E-state index in [1.165, 1.54) is 5.56 Å². The predicted molar refractivity (Wildman–Crippen MR) is 120 cm³/mol. The van der Waals surface area contributed by atoms with Gasteiger partial charge < -0.3 is 20.3 Å². The van der Waals surface area contributed by atoms with E-state index in [4.69, 9.17) is 4.74 Å². The lowest BCUT2D eigenvalue weighted by Gasteiger charge is -2.32. The zero-order chi connectivity index (χ0) is 20.8. The van der Waals surface area contributed by atoms with Crippen LogP contribution in [0.15, 0.2) is 60.8 Å². The van der Waals surface area contributed by atoms with Crippen molar-refractivity contribution in [2.75, 3.05) is 31.5 Å². The number of rotatable bonds is 6. The largest absolute Gasteiger partial charge is 0.490 e. The average molecular weight is 405 g/mol. The lowest BCUT2D eigenvalue weighted by molar-refractivity contribution is 0.101. The molecule has 2 heterocycles. The second-order valence-corrected chi connectivity index (χ2v) is 7.68. The first-order valence-electron chi connectivity index (χ1n) is 10.5. The number of hydrogen-bond donors (Lipinski definition) is 2. The van der Waals surface area contributed by atoms with Gasteiger partial charge in [-0.3, -0.25) is 4.98 Å². The lowest BCUT2D eigenvalue weighted by atomic mass is 10.1. The first-order valence-corrected chi connectivity index (χ1v) is 10.5. The number of aryl methyl sites for hydroxylation is 1. The third-order valence-electron chi connectivity index (χ3n) is 5.53. The van der Waals surface area contributed by atoms with Crippen molar-refractivity contribution < 1.29 is 9.53 Å². The number of ether oxygens (including phenoxy) is 1. The number of carbonyl (C=O) groups is 1. The summed E-state index contributed by atoms with van der Waals surface area (Å²) in [5.74, 6) is 0.984. The Morgan fingerprint density at radius 2 is 1.87 bits per heavy atom. The van der Waals surface area contributed by atoms with Gasteiger partial charge in [0.1, 0.15) is 11.9 Å². The number of urea groups is 1. The van der Waals surface area contributed by atoms with Crippen molar-refractivity contribution in [3.63, 3.8) is 0 Å². The zero-order valence-corrected chi connectivity index (χ0v) is 17.3. The normalized spacial score (nSPS) is 15.1. The van der Waals surface area contributed by atoms with E-state index in [9.17, 15) is 4.79 Å². The molecule has 6 heteroatoms. The number of pyridine rings is 1. The van der Waals surface area contributed by atoms with Gasteiger partial charge in [0.2, 0.25) is 0 Å². The van der Waals surface area contributed by atoms with Gasteiger partial charge in [-0.05, 0) is 43.5 Å². The Balaban J connectivity index is 1.19. The van der Waals surface area contributed by atoms with Gasteiger partial charge in [0, 0.05) is 37.8 Å². The van der Waals surface area contributed by atoms with Gasteiger partial charge in [0.25, 0.3) is 0 Å². The Kier molecular flexibility index (Phi) is 6.44. The Bertz CT molecular complexity index is 994. The van der Waals surface area contributed by atoms with Crippen molar-refractivity contribution in [2.45, 2.75) is 25.9 Å². The molecule has 0 atom stereocenters. The molecule has 1 fully saturated rings. The molecule has 0 spiro atoms. The molecule has 2 N–H and O–H groups in total. The van der Waals surface area contributed by atoms with Crippen LogP contribution in [0.25, 0.3) is 10.9 Å². The lowest BCUT2D eigenvalue weighted by Crippen LogP contribution is -2.42. The minimum absolute atomic E-state index is 0.191. The van der Waals surface area contributed by atoms with Crippen LogP contribution in [0.1, 0.15) is 18.4 Å². The highest BCUT2D eigenvalue weighted by atomic mass is 16.5. The highest BCUT2D eigenvalue weighted by Gasteiger charge is 2.20. The molecule has 1 aromatic heterocycles. The second kappa shape index (κ2) is 9.59. The number of piperidine rings is 1. The van der Waals surface area contributed by atoms with Crippen molar-refractivity contribution in [3.8, 4) is 5.75 Å². The van der Waals surface area contributed by atoms with Gasteiger partial charge in [-0.15, -0.1) is 0 Å². The fraction of sp³-hybridized carbons (Fsp3) is 0.333. The molecular formula is C24H28N4O2. The standard InChI is InChI=1S/C24H28N4O2/c1-18-6-2-5-9-23(18)30-19-11-15-28(16-12-19)17-14-26-24(29)27-22-10-13-25-21-8-4-3-7-20(21)22/h2-10,13,19H,11-12,14-17H2,1H3,(H2,25,26,27,29). The molecule has 1 saturated heterocycles. The summed E-state index contributed by atoms with van der Waals surface area (Å²) in [6.07, 6.45) is 3.98. The van der Waals surface area contributed by atoms with E-state index in [2.05, 4.69) is 33.5 Å². The Labute approximate surface area is 177 Å². The van der Waals surface area contributed by atoms with Crippen molar-refractivity contribution in [1.82, 2.24) is 15.2 Å².